The second kappa shape index (κ2) is 5.17. The van der Waals surface area contributed by atoms with Gasteiger partial charge in [-0.2, -0.15) is 0 Å². The minimum Gasteiger partial charge on any atom is -0.338 e. The minimum atomic E-state index is 0.0995. The largest absolute Gasteiger partial charge is 0.338 e. The van der Waals surface area contributed by atoms with Crippen molar-refractivity contribution >= 4 is 5.91 Å². The summed E-state index contributed by atoms with van der Waals surface area (Å²) in [5.41, 5.74) is 0. The van der Waals surface area contributed by atoms with E-state index in [0.717, 1.165) is 31.8 Å². The third-order valence-corrected chi connectivity index (χ3v) is 4.20. The van der Waals surface area contributed by atoms with Gasteiger partial charge in [-0.3, -0.25) is 4.79 Å². The molecule has 1 aliphatic heterocycles. The number of nitrogens with zero attached hydrogens (tertiary/aromatic N) is 1. The van der Waals surface area contributed by atoms with Crippen LogP contribution >= 0.6 is 0 Å². The molecule has 92 valence electrons. The van der Waals surface area contributed by atoms with Crippen molar-refractivity contribution < 1.29 is 4.79 Å². The predicted molar refractivity (Wildman–Crippen MR) is 65.2 cm³/mol. The van der Waals surface area contributed by atoms with E-state index in [1.807, 2.05) is 0 Å². The highest BCUT2D eigenvalue weighted by Gasteiger charge is 2.37. The zero-order valence-corrected chi connectivity index (χ0v) is 10.5. The van der Waals surface area contributed by atoms with Gasteiger partial charge in [0, 0.05) is 12.6 Å². The molecule has 2 fully saturated rings. The first-order valence-corrected chi connectivity index (χ1v) is 6.78. The quantitative estimate of drug-likeness (QED) is 0.772. The van der Waals surface area contributed by atoms with E-state index in [4.69, 9.17) is 0 Å². The van der Waals surface area contributed by atoms with Crippen molar-refractivity contribution in [3.05, 3.63) is 0 Å². The van der Waals surface area contributed by atoms with Gasteiger partial charge in [0.15, 0.2) is 0 Å². The molecular weight excluding hydrogens is 200 g/mol. The van der Waals surface area contributed by atoms with Crippen molar-refractivity contribution in [1.29, 1.82) is 0 Å². The van der Waals surface area contributed by atoms with Crippen LogP contribution in [0.5, 0.6) is 0 Å². The molecule has 1 N–H and O–H groups in total. The lowest BCUT2D eigenvalue weighted by Crippen LogP contribution is -2.46. The van der Waals surface area contributed by atoms with Crippen molar-refractivity contribution in [3.63, 3.8) is 0 Å². The summed E-state index contributed by atoms with van der Waals surface area (Å²) in [6, 6.07) is 0.567. The molecule has 0 radical (unpaired) electrons. The molecule has 1 heterocycles. The monoisotopic (exact) mass is 224 g/mol. The van der Waals surface area contributed by atoms with Gasteiger partial charge in [0.25, 0.3) is 0 Å². The average molecular weight is 224 g/mol. The molecule has 2 rings (SSSR count). The van der Waals surface area contributed by atoms with Gasteiger partial charge in [-0.25, -0.2) is 0 Å². The van der Waals surface area contributed by atoms with E-state index in [1.165, 1.54) is 19.3 Å². The summed E-state index contributed by atoms with van der Waals surface area (Å²) in [7, 11) is 0. The van der Waals surface area contributed by atoms with Crippen molar-refractivity contribution in [2.24, 2.45) is 5.92 Å². The van der Waals surface area contributed by atoms with Crippen LogP contribution in [0.25, 0.3) is 0 Å². The Hall–Kier alpha value is -0.570. The lowest BCUT2D eigenvalue weighted by molar-refractivity contribution is -0.132. The van der Waals surface area contributed by atoms with Gasteiger partial charge in [0.05, 0.1) is 6.04 Å². The average Bonchev–Trinajstić information content (AvgIpc) is 2.54. The van der Waals surface area contributed by atoms with Gasteiger partial charge < -0.3 is 10.2 Å². The van der Waals surface area contributed by atoms with Crippen LogP contribution in [0.4, 0.5) is 0 Å². The molecular formula is C13H24N2O. The fourth-order valence-electron chi connectivity index (χ4n) is 2.79. The Bertz CT molecular complexity index is 250. The van der Waals surface area contributed by atoms with Gasteiger partial charge >= 0.3 is 0 Å². The number of hydrogen-bond acceptors (Lipinski definition) is 2. The summed E-state index contributed by atoms with van der Waals surface area (Å²) in [5, 5.41) is 3.35. The summed E-state index contributed by atoms with van der Waals surface area (Å²) < 4.78 is 0. The number of carbonyl (C=O) groups excluding carboxylic acids is 1. The number of likely N-dealkylation sites (tertiary alicyclic amines) is 1. The fraction of sp³-hybridized carbons (Fsp3) is 0.923. The highest BCUT2D eigenvalue weighted by Crippen LogP contribution is 2.33. The molecule has 0 aromatic carbocycles. The molecule has 1 saturated heterocycles. The van der Waals surface area contributed by atoms with Crippen LogP contribution in [0.3, 0.4) is 0 Å². The second-order valence-corrected chi connectivity index (χ2v) is 5.26. The number of hydrogen-bond donors (Lipinski definition) is 1. The van der Waals surface area contributed by atoms with Crippen LogP contribution in [0.15, 0.2) is 0 Å². The lowest BCUT2D eigenvalue weighted by atomic mass is 9.80. The summed E-state index contributed by atoms with van der Waals surface area (Å²) in [5.74, 6) is 1.11. The summed E-state index contributed by atoms with van der Waals surface area (Å²) >= 11 is 0. The van der Waals surface area contributed by atoms with Crippen molar-refractivity contribution in [1.82, 2.24) is 10.2 Å². The van der Waals surface area contributed by atoms with Crippen molar-refractivity contribution in [2.75, 3.05) is 13.1 Å². The third kappa shape index (κ3) is 2.24. The molecule has 2 atom stereocenters. The van der Waals surface area contributed by atoms with Crippen LogP contribution in [-0.4, -0.2) is 36.0 Å². The zero-order valence-electron chi connectivity index (χ0n) is 10.5. The molecule has 0 bridgehead atoms. The summed E-state index contributed by atoms with van der Waals surface area (Å²) in [6.45, 7) is 6.28. The van der Waals surface area contributed by atoms with E-state index in [-0.39, 0.29) is 6.04 Å². The zero-order chi connectivity index (χ0) is 11.5. The normalized spacial score (nSPS) is 28.2. The number of rotatable bonds is 5. The van der Waals surface area contributed by atoms with E-state index in [0.29, 0.717) is 11.9 Å². The molecule has 2 unspecified atom stereocenters. The minimum absolute atomic E-state index is 0.0995. The Morgan fingerprint density at radius 1 is 1.44 bits per heavy atom. The number of carbonyl (C=O) groups is 1. The van der Waals surface area contributed by atoms with Gasteiger partial charge in [-0.15, -0.1) is 0 Å². The molecule has 0 spiro atoms. The predicted octanol–water partition coefficient (Wildman–Crippen LogP) is 1.78. The highest BCUT2D eigenvalue weighted by molar-refractivity contribution is 5.84. The Kier molecular flexibility index (Phi) is 3.85. The first-order chi connectivity index (χ1) is 7.74. The van der Waals surface area contributed by atoms with Gasteiger partial charge in [-0.05, 0) is 45.1 Å². The maximum absolute atomic E-state index is 12.2. The maximum atomic E-state index is 12.2. The van der Waals surface area contributed by atoms with Crippen LogP contribution in [0.2, 0.25) is 0 Å². The molecule has 0 aromatic rings. The van der Waals surface area contributed by atoms with Crippen LogP contribution in [0, 0.1) is 5.92 Å². The molecule has 1 aliphatic carbocycles. The number of nitrogens with one attached hydrogen (secondary N) is 1. The Morgan fingerprint density at radius 2 is 2.19 bits per heavy atom. The Balaban J connectivity index is 1.85. The molecule has 1 amide bonds. The second-order valence-electron chi connectivity index (χ2n) is 5.26. The van der Waals surface area contributed by atoms with Gasteiger partial charge in [-0.1, -0.05) is 13.3 Å². The Labute approximate surface area is 98.6 Å². The van der Waals surface area contributed by atoms with E-state index in [2.05, 4.69) is 24.1 Å². The third-order valence-electron chi connectivity index (χ3n) is 4.20. The molecule has 16 heavy (non-hydrogen) atoms. The topological polar surface area (TPSA) is 32.3 Å². The van der Waals surface area contributed by atoms with Gasteiger partial charge in [0.1, 0.15) is 0 Å². The smallest absolute Gasteiger partial charge is 0.240 e. The van der Waals surface area contributed by atoms with Crippen molar-refractivity contribution in [2.45, 2.75) is 58.0 Å². The molecule has 3 heteroatoms. The van der Waals surface area contributed by atoms with E-state index in [9.17, 15) is 4.79 Å². The fourth-order valence-corrected chi connectivity index (χ4v) is 2.79. The summed E-state index contributed by atoms with van der Waals surface area (Å²) in [6.07, 6.45) is 6.09. The first-order valence-electron chi connectivity index (χ1n) is 6.78. The van der Waals surface area contributed by atoms with Crippen LogP contribution in [0.1, 0.15) is 46.0 Å². The lowest BCUT2D eigenvalue weighted by Gasteiger charge is -2.37. The van der Waals surface area contributed by atoms with E-state index < -0.39 is 0 Å². The summed E-state index contributed by atoms with van der Waals surface area (Å²) in [4.78, 5) is 14.3. The van der Waals surface area contributed by atoms with Gasteiger partial charge in [0.2, 0.25) is 5.91 Å². The molecule has 3 nitrogen and oxygen atoms in total. The molecule has 2 aliphatic rings. The van der Waals surface area contributed by atoms with E-state index >= 15 is 0 Å². The molecule has 0 aromatic heterocycles. The van der Waals surface area contributed by atoms with Crippen LogP contribution in [-0.2, 0) is 4.79 Å². The maximum Gasteiger partial charge on any atom is 0.240 e. The highest BCUT2D eigenvalue weighted by atomic mass is 16.2. The van der Waals surface area contributed by atoms with E-state index in [1.54, 1.807) is 0 Å². The SMILES string of the molecule is CCCNC1CCN(C(C)C2CCC2)C1=O. The van der Waals surface area contributed by atoms with Crippen molar-refractivity contribution in [3.8, 4) is 0 Å². The van der Waals surface area contributed by atoms with Crippen LogP contribution < -0.4 is 5.32 Å². The number of amides is 1. The standard InChI is InChI=1S/C13H24N2O/c1-3-8-14-12-7-9-15(13(12)16)10(2)11-5-4-6-11/h10-12,14H,3-9H2,1-2H3. The first kappa shape index (κ1) is 11.9. The molecule has 1 saturated carbocycles. The Morgan fingerprint density at radius 3 is 2.75 bits per heavy atom.